The summed E-state index contributed by atoms with van der Waals surface area (Å²) in [5.74, 6) is 6.75. The number of carbonyl (C=O) groups is 1. The highest BCUT2D eigenvalue weighted by atomic mass is 32.2. The first-order valence-electron chi connectivity index (χ1n) is 7.72. The fraction of sp³-hybridized carbons (Fsp3) is 0.375. The van der Waals surface area contributed by atoms with Crippen molar-refractivity contribution in [3.8, 4) is 11.5 Å². The Labute approximate surface area is 154 Å². The van der Waals surface area contributed by atoms with Crippen LogP contribution in [-0.4, -0.2) is 40.8 Å². The molecule has 0 aliphatic rings. The van der Waals surface area contributed by atoms with Gasteiger partial charge in [0, 0.05) is 5.56 Å². The van der Waals surface area contributed by atoms with Crippen molar-refractivity contribution < 1.29 is 14.3 Å². The van der Waals surface area contributed by atoms with Gasteiger partial charge in [-0.05, 0) is 32.0 Å². The van der Waals surface area contributed by atoms with E-state index in [4.69, 9.17) is 15.3 Å². The Morgan fingerprint density at radius 2 is 2.08 bits per heavy atom. The Hall–Kier alpha value is -2.75. The maximum absolute atomic E-state index is 12.2. The summed E-state index contributed by atoms with van der Waals surface area (Å²) in [5.41, 5.74) is 0.536. The number of nitrogens with one attached hydrogen (secondary N) is 1. The molecule has 0 aliphatic heterocycles. The summed E-state index contributed by atoms with van der Waals surface area (Å²) >= 11 is 1.03. The topological polar surface area (TPSA) is 121 Å². The van der Waals surface area contributed by atoms with Crippen molar-refractivity contribution in [2.45, 2.75) is 25.0 Å². The first kappa shape index (κ1) is 19.6. The summed E-state index contributed by atoms with van der Waals surface area (Å²) in [6, 6.07) is 5.06. The second-order valence-corrected chi connectivity index (χ2v) is 6.37. The average molecular weight is 379 g/mol. The van der Waals surface area contributed by atoms with Crippen LogP contribution in [0.4, 0.5) is 0 Å². The van der Waals surface area contributed by atoms with Crippen LogP contribution < -0.4 is 26.2 Å². The highest BCUT2D eigenvalue weighted by Crippen LogP contribution is 2.29. The number of nitrogens with zero attached hydrogens (tertiary/aromatic N) is 3. The molecule has 2 aromatic rings. The lowest BCUT2D eigenvalue weighted by molar-refractivity contribution is -0.119. The number of thioether (sulfide) groups is 1. The lowest BCUT2D eigenvalue weighted by Crippen LogP contribution is -2.33. The second-order valence-electron chi connectivity index (χ2n) is 5.43. The Morgan fingerprint density at radius 1 is 1.35 bits per heavy atom. The van der Waals surface area contributed by atoms with Crippen molar-refractivity contribution in [2.24, 2.45) is 0 Å². The average Bonchev–Trinajstić information content (AvgIpc) is 2.64. The molecule has 0 saturated heterocycles. The monoisotopic (exact) mass is 379 g/mol. The third-order valence-electron chi connectivity index (χ3n) is 3.63. The summed E-state index contributed by atoms with van der Waals surface area (Å²) in [7, 11) is 3.13. The van der Waals surface area contributed by atoms with E-state index in [9.17, 15) is 9.59 Å². The molecule has 140 valence electrons. The quantitative estimate of drug-likeness (QED) is 0.531. The molecule has 0 saturated carbocycles. The molecule has 1 atom stereocenters. The summed E-state index contributed by atoms with van der Waals surface area (Å²) in [6.45, 7) is 3.35. The molecule has 1 aromatic heterocycles. The van der Waals surface area contributed by atoms with E-state index < -0.39 is 5.56 Å². The van der Waals surface area contributed by atoms with E-state index >= 15 is 0 Å². The highest BCUT2D eigenvalue weighted by Gasteiger charge is 2.16. The van der Waals surface area contributed by atoms with E-state index in [0.29, 0.717) is 11.5 Å². The van der Waals surface area contributed by atoms with Gasteiger partial charge in [0.25, 0.3) is 5.56 Å². The smallest absolute Gasteiger partial charge is 0.294 e. The van der Waals surface area contributed by atoms with E-state index in [1.54, 1.807) is 32.4 Å². The van der Waals surface area contributed by atoms with Crippen LogP contribution in [0, 0.1) is 6.92 Å². The second kappa shape index (κ2) is 8.56. The minimum atomic E-state index is -0.447. The van der Waals surface area contributed by atoms with Crippen molar-refractivity contribution in [3.63, 3.8) is 0 Å². The molecule has 0 unspecified atom stereocenters. The number of aromatic nitrogens is 3. The van der Waals surface area contributed by atoms with Gasteiger partial charge in [-0.2, -0.15) is 4.68 Å². The summed E-state index contributed by atoms with van der Waals surface area (Å²) in [4.78, 5) is 24.0. The molecule has 10 heteroatoms. The van der Waals surface area contributed by atoms with Gasteiger partial charge in [-0.15, -0.1) is 10.2 Å². The number of aryl methyl sites for hydroxylation is 1. The van der Waals surface area contributed by atoms with Gasteiger partial charge in [-0.1, -0.05) is 11.8 Å². The van der Waals surface area contributed by atoms with Crippen LogP contribution >= 0.6 is 11.8 Å². The van der Waals surface area contributed by atoms with E-state index in [1.165, 1.54) is 6.92 Å². The van der Waals surface area contributed by atoms with Crippen LogP contribution in [-0.2, 0) is 4.79 Å². The predicted molar refractivity (Wildman–Crippen MR) is 98.0 cm³/mol. The maximum Gasteiger partial charge on any atom is 0.294 e. The molecule has 0 fully saturated rings. The van der Waals surface area contributed by atoms with Crippen molar-refractivity contribution in [3.05, 3.63) is 39.8 Å². The number of ether oxygens (including phenoxy) is 2. The Kier molecular flexibility index (Phi) is 6.45. The van der Waals surface area contributed by atoms with Gasteiger partial charge >= 0.3 is 0 Å². The largest absolute Gasteiger partial charge is 0.497 e. The fourth-order valence-corrected chi connectivity index (χ4v) is 2.90. The first-order valence-corrected chi connectivity index (χ1v) is 8.71. The Morgan fingerprint density at radius 3 is 2.73 bits per heavy atom. The van der Waals surface area contributed by atoms with Crippen LogP contribution in [0.2, 0.25) is 0 Å². The number of amides is 1. The molecule has 0 radical (unpaired) electrons. The van der Waals surface area contributed by atoms with Crippen molar-refractivity contribution in [1.29, 1.82) is 0 Å². The zero-order valence-corrected chi connectivity index (χ0v) is 15.8. The standard InChI is InChI=1S/C16H21N5O4S/c1-9(12-7-11(24-3)5-6-13(12)25-4)18-14(22)8-26-16-20-19-10(2)15(23)21(16)17/h5-7,9H,8,17H2,1-4H3,(H,18,22)/t9-/m0/s1. The van der Waals surface area contributed by atoms with E-state index in [-0.39, 0.29) is 28.6 Å². The molecule has 1 aromatic carbocycles. The zero-order valence-electron chi connectivity index (χ0n) is 15.0. The molecule has 0 bridgehead atoms. The molecule has 0 spiro atoms. The minimum Gasteiger partial charge on any atom is -0.497 e. The van der Waals surface area contributed by atoms with Gasteiger partial charge in [-0.3, -0.25) is 9.59 Å². The van der Waals surface area contributed by atoms with Crippen molar-refractivity contribution in [1.82, 2.24) is 20.2 Å². The molecule has 26 heavy (non-hydrogen) atoms. The molecule has 9 nitrogen and oxygen atoms in total. The number of nitrogens with two attached hydrogens (primary N) is 1. The number of benzene rings is 1. The highest BCUT2D eigenvalue weighted by molar-refractivity contribution is 7.99. The summed E-state index contributed by atoms with van der Waals surface area (Å²) in [6.07, 6.45) is 0. The summed E-state index contributed by atoms with van der Waals surface area (Å²) in [5, 5.41) is 10.6. The Bertz CT molecular complexity index is 855. The number of nitrogen functional groups attached to an aromatic ring is 1. The van der Waals surface area contributed by atoms with Gasteiger partial charge < -0.3 is 20.6 Å². The number of methoxy groups -OCH3 is 2. The molecule has 3 N–H and O–H groups in total. The van der Waals surface area contributed by atoms with Gasteiger partial charge in [0.05, 0.1) is 26.0 Å². The van der Waals surface area contributed by atoms with Crippen molar-refractivity contribution >= 4 is 17.7 Å². The molecule has 2 rings (SSSR count). The van der Waals surface area contributed by atoms with Gasteiger partial charge in [-0.25, -0.2) is 0 Å². The predicted octanol–water partition coefficient (Wildman–Crippen LogP) is 0.647. The van der Waals surface area contributed by atoms with Crippen LogP contribution in [0.15, 0.2) is 28.2 Å². The normalized spacial score (nSPS) is 11.7. The van der Waals surface area contributed by atoms with Crippen LogP contribution in [0.1, 0.15) is 24.2 Å². The van der Waals surface area contributed by atoms with Gasteiger partial charge in [0.15, 0.2) is 0 Å². The number of rotatable bonds is 7. The minimum absolute atomic E-state index is 0.0327. The van der Waals surface area contributed by atoms with E-state index in [2.05, 4.69) is 15.5 Å². The van der Waals surface area contributed by atoms with Crippen LogP contribution in [0.5, 0.6) is 11.5 Å². The number of hydrogen-bond donors (Lipinski definition) is 2. The van der Waals surface area contributed by atoms with Crippen LogP contribution in [0.3, 0.4) is 0 Å². The molecular weight excluding hydrogens is 358 g/mol. The number of carbonyl (C=O) groups excluding carboxylic acids is 1. The van der Waals surface area contributed by atoms with Crippen molar-refractivity contribution in [2.75, 3.05) is 25.8 Å². The zero-order chi connectivity index (χ0) is 19.3. The number of hydrogen-bond acceptors (Lipinski definition) is 8. The summed E-state index contributed by atoms with van der Waals surface area (Å²) < 4.78 is 11.4. The van der Waals surface area contributed by atoms with E-state index in [1.807, 2.05) is 6.92 Å². The SMILES string of the molecule is COc1ccc(OC)c([C@H](C)NC(=O)CSc2nnc(C)c(=O)n2N)c1. The third-order valence-corrected chi connectivity index (χ3v) is 4.58. The lowest BCUT2D eigenvalue weighted by atomic mass is 10.1. The Balaban J connectivity index is 2.04. The molecule has 0 aliphatic carbocycles. The molecular formula is C16H21N5O4S. The lowest BCUT2D eigenvalue weighted by Gasteiger charge is -2.18. The molecule has 1 heterocycles. The fourth-order valence-electron chi connectivity index (χ4n) is 2.24. The molecule has 1 amide bonds. The maximum atomic E-state index is 12.2. The van der Waals surface area contributed by atoms with Crippen LogP contribution in [0.25, 0.3) is 0 Å². The first-order chi connectivity index (χ1) is 12.4. The van der Waals surface area contributed by atoms with E-state index in [0.717, 1.165) is 22.0 Å². The third kappa shape index (κ3) is 4.45. The van der Waals surface area contributed by atoms with Gasteiger partial charge in [0.2, 0.25) is 11.1 Å². The van der Waals surface area contributed by atoms with Gasteiger partial charge in [0.1, 0.15) is 17.2 Å².